The van der Waals surface area contributed by atoms with Gasteiger partial charge in [0.2, 0.25) is 0 Å². The molecular weight excluding hydrogens is 296 g/mol. The molecule has 0 radical (unpaired) electrons. The fourth-order valence-corrected chi connectivity index (χ4v) is 6.11. The first-order valence-corrected chi connectivity index (χ1v) is 7.78. The first kappa shape index (κ1) is 12.5. The van der Waals surface area contributed by atoms with Crippen LogP contribution in [-0.2, 0) is 14.9 Å². The molecule has 2 saturated carbocycles. The van der Waals surface area contributed by atoms with Gasteiger partial charge in [0.05, 0.1) is 10.6 Å². The number of Topliss-reactive ketones (excluding diaryl/α,β-unsaturated/α-hetero) is 1. The van der Waals surface area contributed by atoms with E-state index >= 15 is 0 Å². The Bertz CT molecular complexity index is 446. The largest absolute Gasteiger partial charge is 0.298 e. The Morgan fingerprint density at radius 3 is 2.44 bits per heavy atom. The molecule has 0 amide bonds. The maximum absolute atomic E-state index is 12.1. The van der Waals surface area contributed by atoms with Crippen LogP contribution in [0.5, 0.6) is 0 Å². The fourth-order valence-electron chi connectivity index (χ4n) is 3.46. The van der Waals surface area contributed by atoms with Crippen molar-refractivity contribution in [1.29, 1.82) is 0 Å². The molecule has 1 N–H and O–H groups in total. The summed E-state index contributed by atoms with van der Waals surface area (Å²) >= 11 is 3.35. The molecule has 4 atom stereocenters. The van der Waals surface area contributed by atoms with Crippen LogP contribution in [0.2, 0.25) is 0 Å². The minimum absolute atomic E-state index is 0.00641. The third-order valence-corrected chi connectivity index (χ3v) is 6.68. The van der Waals surface area contributed by atoms with E-state index in [0.717, 1.165) is 6.42 Å². The molecule has 0 aliphatic heterocycles. The Labute approximate surface area is 104 Å². The number of halogens is 1. The maximum atomic E-state index is 12.1. The average molecular weight is 311 g/mol. The van der Waals surface area contributed by atoms with Crippen molar-refractivity contribution in [3.8, 4) is 0 Å². The van der Waals surface area contributed by atoms with E-state index < -0.39 is 20.9 Å². The molecule has 2 fully saturated rings. The summed E-state index contributed by atoms with van der Waals surface area (Å²) < 4.78 is 31.2. The highest BCUT2D eigenvalue weighted by atomic mass is 79.9. The number of ketones is 1. The predicted octanol–water partition coefficient (Wildman–Crippen LogP) is 1.64. The van der Waals surface area contributed by atoms with Crippen LogP contribution >= 0.6 is 15.9 Å². The molecule has 0 aromatic rings. The van der Waals surface area contributed by atoms with E-state index in [0.29, 0.717) is 6.42 Å². The molecule has 2 aliphatic carbocycles. The van der Waals surface area contributed by atoms with Gasteiger partial charge in [-0.05, 0) is 18.8 Å². The maximum Gasteiger partial charge on any atom is 0.265 e. The fraction of sp³-hybridized carbons (Fsp3) is 0.900. The summed E-state index contributed by atoms with van der Waals surface area (Å²) in [6.07, 6.45) is 1.55. The first-order valence-electron chi connectivity index (χ1n) is 5.25. The second-order valence-electron chi connectivity index (χ2n) is 5.39. The lowest BCUT2D eigenvalue weighted by Gasteiger charge is -2.35. The van der Waals surface area contributed by atoms with E-state index in [-0.39, 0.29) is 22.3 Å². The molecule has 0 saturated heterocycles. The molecule has 92 valence electrons. The van der Waals surface area contributed by atoms with Gasteiger partial charge in [-0.3, -0.25) is 9.35 Å². The van der Waals surface area contributed by atoms with Crippen LogP contribution in [0.25, 0.3) is 0 Å². The van der Waals surface area contributed by atoms with Crippen molar-refractivity contribution >= 4 is 31.8 Å². The minimum Gasteiger partial charge on any atom is -0.298 e. The van der Waals surface area contributed by atoms with Crippen LogP contribution in [0.15, 0.2) is 0 Å². The zero-order chi connectivity index (χ0) is 12.4. The number of fused-ring (bicyclic) bond motifs is 2. The Balaban J connectivity index is 2.47. The Morgan fingerprint density at radius 1 is 1.50 bits per heavy atom. The minimum atomic E-state index is -4.05. The molecule has 0 aromatic carbocycles. The van der Waals surface area contributed by atoms with Crippen LogP contribution in [-0.4, -0.2) is 29.3 Å². The number of rotatable bonds is 2. The van der Waals surface area contributed by atoms with Gasteiger partial charge < -0.3 is 0 Å². The number of carbonyl (C=O) groups excluding carboxylic acids is 1. The van der Waals surface area contributed by atoms with Crippen LogP contribution < -0.4 is 0 Å². The van der Waals surface area contributed by atoms with Crippen LogP contribution in [0, 0.1) is 16.7 Å². The molecule has 6 heteroatoms. The highest BCUT2D eigenvalue weighted by molar-refractivity contribution is 9.10. The summed E-state index contributed by atoms with van der Waals surface area (Å²) in [6, 6.07) is 0. The summed E-state index contributed by atoms with van der Waals surface area (Å²) in [7, 11) is -4.05. The molecular formula is C10H15BrO4S. The van der Waals surface area contributed by atoms with Gasteiger partial charge in [0.15, 0.2) is 5.78 Å². The number of hydrogen-bond acceptors (Lipinski definition) is 3. The van der Waals surface area contributed by atoms with E-state index in [9.17, 15) is 13.2 Å². The van der Waals surface area contributed by atoms with Crippen LogP contribution in [0.1, 0.15) is 26.7 Å². The monoisotopic (exact) mass is 310 g/mol. The van der Waals surface area contributed by atoms with Crippen LogP contribution in [0.4, 0.5) is 0 Å². The van der Waals surface area contributed by atoms with Gasteiger partial charge in [0.1, 0.15) is 0 Å². The summed E-state index contributed by atoms with van der Waals surface area (Å²) in [5, 5.41) is 0. The molecule has 2 rings (SSSR count). The van der Waals surface area contributed by atoms with Crippen molar-refractivity contribution in [2.75, 3.05) is 5.75 Å². The molecule has 2 bridgehead atoms. The van der Waals surface area contributed by atoms with Crippen molar-refractivity contribution in [3.63, 3.8) is 0 Å². The van der Waals surface area contributed by atoms with Gasteiger partial charge in [0, 0.05) is 10.8 Å². The number of alkyl halides is 1. The van der Waals surface area contributed by atoms with E-state index in [2.05, 4.69) is 15.9 Å². The molecule has 0 heterocycles. The molecule has 0 aromatic heterocycles. The lowest BCUT2D eigenvalue weighted by Crippen LogP contribution is -2.40. The van der Waals surface area contributed by atoms with Crippen molar-refractivity contribution < 1.29 is 17.8 Å². The third kappa shape index (κ3) is 1.42. The Kier molecular flexibility index (Phi) is 2.58. The molecule has 16 heavy (non-hydrogen) atoms. The van der Waals surface area contributed by atoms with Crippen molar-refractivity contribution in [1.82, 2.24) is 0 Å². The summed E-state index contributed by atoms with van der Waals surface area (Å²) in [4.78, 5) is 11.8. The molecule has 0 spiro atoms. The average Bonchev–Trinajstić information content (AvgIpc) is 2.40. The topological polar surface area (TPSA) is 71.4 Å². The number of carbonyl (C=O) groups is 1. The Morgan fingerprint density at radius 2 is 2.06 bits per heavy atom. The van der Waals surface area contributed by atoms with E-state index in [1.807, 2.05) is 6.92 Å². The smallest absolute Gasteiger partial charge is 0.265 e. The van der Waals surface area contributed by atoms with Crippen molar-refractivity contribution in [3.05, 3.63) is 0 Å². The third-order valence-electron chi connectivity index (χ3n) is 4.66. The Hall–Kier alpha value is 0.0600. The summed E-state index contributed by atoms with van der Waals surface area (Å²) in [5.74, 6) is -0.239. The summed E-state index contributed by atoms with van der Waals surface area (Å²) in [6.45, 7) is 3.62. The zero-order valence-electron chi connectivity index (χ0n) is 9.23. The standard InChI is InChI=1S/C10H15BrO4S/c1-9-4-3-6(7(11)8(9)12)10(9,2)5-16(13,14)15/h6-7H,3-5H2,1-2H3,(H,13,14,15)/t6-,7+,9-,10+/m0/s1. The highest BCUT2D eigenvalue weighted by Gasteiger charge is 2.68. The lowest BCUT2D eigenvalue weighted by molar-refractivity contribution is -0.127. The lowest BCUT2D eigenvalue weighted by atomic mass is 9.70. The van der Waals surface area contributed by atoms with Crippen molar-refractivity contribution in [2.45, 2.75) is 31.5 Å². The first-order chi connectivity index (χ1) is 7.12. The molecule has 2 aliphatic rings. The van der Waals surface area contributed by atoms with E-state index in [4.69, 9.17) is 4.55 Å². The highest BCUT2D eigenvalue weighted by Crippen LogP contribution is 2.65. The SMILES string of the molecule is C[C@]12CC[C@@H]([C@@H](Br)C1=O)[C@@]2(C)CS(=O)(=O)O. The van der Waals surface area contributed by atoms with Gasteiger partial charge in [-0.25, -0.2) is 0 Å². The molecule has 4 nitrogen and oxygen atoms in total. The van der Waals surface area contributed by atoms with E-state index in [1.165, 1.54) is 0 Å². The van der Waals surface area contributed by atoms with Gasteiger partial charge in [-0.15, -0.1) is 0 Å². The predicted molar refractivity (Wildman–Crippen MR) is 63.1 cm³/mol. The van der Waals surface area contributed by atoms with Gasteiger partial charge in [-0.1, -0.05) is 29.8 Å². The van der Waals surface area contributed by atoms with Gasteiger partial charge in [0.25, 0.3) is 10.1 Å². The van der Waals surface area contributed by atoms with Gasteiger partial charge >= 0.3 is 0 Å². The van der Waals surface area contributed by atoms with Gasteiger partial charge in [-0.2, -0.15) is 8.42 Å². The normalized spacial score (nSPS) is 47.6. The zero-order valence-corrected chi connectivity index (χ0v) is 11.6. The second-order valence-corrected chi connectivity index (χ2v) is 7.83. The van der Waals surface area contributed by atoms with E-state index in [1.54, 1.807) is 6.92 Å². The van der Waals surface area contributed by atoms with Crippen LogP contribution in [0.3, 0.4) is 0 Å². The van der Waals surface area contributed by atoms with Crippen molar-refractivity contribution in [2.24, 2.45) is 16.7 Å². The summed E-state index contributed by atoms with van der Waals surface area (Å²) in [5.41, 5.74) is -1.27. The number of hydrogen-bond donors (Lipinski definition) is 1. The molecule has 0 unspecified atom stereocenters. The second kappa shape index (κ2) is 3.29. The quantitative estimate of drug-likeness (QED) is 0.622.